The lowest BCUT2D eigenvalue weighted by molar-refractivity contribution is 0.424. The molecular formula is C106H75B2Br2IO4. The highest BCUT2D eigenvalue weighted by Crippen LogP contribution is 2.40. The van der Waals surface area contributed by atoms with Crippen LogP contribution in [0.5, 0.6) is 0 Å². The van der Waals surface area contributed by atoms with E-state index in [1.807, 2.05) is 84.9 Å². The number of fused-ring (bicyclic) bond motifs is 7. The van der Waals surface area contributed by atoms with Crippen LogP contribution in [0, 0.1) is 3.57 Å². The van der Waals surface area contributed by atoms with Gasteiger partial charge >= 0.3 is 14.2 Å². The summed E-state index contributed by atoms with van der Waals surface area (Å²) in [6, 6.07) is 150. The molecule has 550 valence electrons. The lowest BCUT2D eigenvalue weighted by Gasteiger charge is -2.13. The maximum absolute atomic E-state index is 9.44. The minimum absolute atomic E-state index is 0.510. The van der Waals surface area contributed by atoms with Crippen LogP contribution in [0.3, 0.4) is 0 Å². The van der Waals surface area contributed by atoms with Crippen LogP contribution in [-0.4, -0.2) is 34.3 Å². The lowest BCUT2D eigenvalue weighted by Crippen LogP contribution is -2.30. The molecule has 4 nitrogen and oxygen atoms in total. The van der Waals surface area contributed by atoms with Gasteiger partial charge in [-0.3, -0.25) is 0 Å². The van der Waals surface area contributed by atoms with Gasteiger partial charge in [-0.05, 0) is 253 Å². The molecule has 0 aliphatic rings. The summed E-state index contributed by atoms with van der Waals surface area (Å²) in [7, 11) is -2.88. The first-order chi connectivity index (χ1) is 56.4. The minimum atomic E-state index is -1.45. The zero-order valence-corrected chi connectivity index (χ0v) is 67.9. The Morgan fingerprint density at radius 1 is 0.183 bits per heavy atom. The fourth-order valence-electron chi connectivity index (χ4n) is 15.3. The van der Waals surface area contributed by atoms with Crippen molar-refractivity contribution in [1.29, 1.82) is 0 Å². The average molecular weight is 1720 g/mol. The molecular weight excluding hydrogens is 1650 g/mol. The molecule has 0 amide bonds. The Balaban J connectivity index is 0.000000117. The smallest absolute Gasteiger partial charge is 0.423 e. The van der Waals surface area contributed by atoms with E-state index in [0.29, 0.717) is 10.9 Å². The average Bonchev–Trinajstić information content (AvgIpc) is 0.788. The number of hydrogen-bond acceptors (Lipinski definition) is 4. The summed E-state index contributed by atoms with van der Waals surface area (Å²) in [5, 5.41) is 54.1. The van der Waals surface area contributed by atoms with Crippen molar-refractivity contribution in [3.05, 3.63) is 443 Å². The SMILES string of the molecule is Brc1ccc(-c2ccc(-c3ccccc3)c3ccccc23)cc1.Brc1ccc(I)cc1.OB(O)c1ccc(-c2ccccc2)c2ccccc12.OB(O)c1ccc2cc(-c3cccc4ccccc34)ccc2c1.c1ccc(-c2ccc(-c3ccc(-c4ccc5cc(-c6cccc7ccccc67)ccc5c4)cc3)c3ccccc23)cc1. The first kappa shape index (κ1) is 76.8. The molecule has 0 spiro atoms. The lowest BCUT2D eigenvalue weighted by atomic mass is 9.76. The van der Waals surface area contributed by atoms with E-state index in [1.54, 1.807) is 12.1 Å². The number of halogens is 3. The third-order valence-electron chi connectivity index (χ3n) is 21.0. The van der Waals surface area contributed by atoms with Crippen LogP contribution < -0.4 is 10.9 Å². The second-order valence-corrected chi connectivity index (χ2v) is 31.3. The predicted molar refractivity (Wildman–Crippen MR) is 506 cm³/mol. The van der Waals surface area contributed by atoms with Crippen LogP contribution in [0.25, 0.3) is 164 Å². The van der Waals surface area contributed by atoms with E-state index in [9.17, 15) is 20.1 Å². The highest BCUT2D eigenvalue weighted by Gasteiger charge is 2.18. The standard InChI is InChI=1S/C42H28.C22H15Br.C20H15BO2.C16H13BO2.C6H4BrI/c1-2-9-30(10-3-1)39-25-26-40(42-15-7-6-14-41(39)42)32-19-17-29(18-20-32)33-21-22-35-28-36(24-23-34(35)27-33)38-16-8-12-31-11-4-5-13-37(31)38;23-18-12-10-17(11-13-18)20-15-14-19(16-6-2-1-3-7-16)21-8-4-5-9-22(20)21;22-21(23)18-11-10-15-12-17(9-8-16(15)13-18)20-7-3-5-14-4-1-2-6-19(14)20;18-17(19)16-11-10-13(12-6-2-1-3-7-12)14-8-4-5-9-15(14)16;7-5-1-3-6(8)4-2-5/h1-28H;1-15H;1-13,22-23H;1-11,18-19H;1-4H. The second kappa shape index (κ2) is 35.9. The van der Waals surface area contributed by atoms with Gasteiger partial charge in [0.25, 0.3) is 0 Å². The molecule has 4 N–H and O–H groups in total. The van der Waals surface area contributed by atoms with E-state index in [0.717, 1.165) is 47.2 Å². The van der Waals surface area contributed by atoms with Gasteiger partial charge in [0.15, 0.2) is 0 Å². The van der Waals surface area contributed by atoms with Crippen molar-refractivity contribution in [1.82, 2.24) is 0 Å². The molecule has 20 aromatic carbocycles. The summed E-state index contributed by atoms with van der Waals surface area (Å²) in [5.74, 6) is 0. The summed E-state index contributed by atoms with van der Waals surface area (Å²) in [6.45, 7) is 0. The molecule has 0 saturated heterocycles. The van der Waals surface area contributed by atoms with Gasteiger partial charge < -0.3 is 20.1 Å². The third kappa shape index (κ3) is 17.7. The van der Waals surface area contributed by atoms with Gasteiger partial charge in [-0.25, -0.2) is 0 Å². The van der Waals surface area contributed by atoms with Crippen LogP contribution in [0.15, 0.2) is 440 Å². The summed E-state index contributed by atoms with van der Waals surface area (Å²) < 4.78 is 3.51. The van der Waals surface area contributed by atoms with Crippen LogP contribution in [0.4, 0.5) is 0 Å². The van der Waals surface area contributed by atoms with Crippen LogP contribution >= 0.6 is 54.5 Å². The Hall–Kier alpha value is -12.1. The first-order valence-electron chi connectivity index (χ1n) is 38.2. The number of hydrogen-bond donors (Lipinski definition) is 4. The van der Waals surface area contributed by atoms with Crippen molar-refractivity contribution in [2.75, 3.05) is 0 Å². The van der Waals surface area contributed by atoms with Crippen molar-refractivity contribution in [2.45, 2.75) is 0 Å². The number of rotatable bonds is 10. The zero-order chi connectivity index (χ0) is 78.6. The molecule has 0 atom stereocenters. The van der Waals surface area contributed by atoms with E-state index >= 15 is 0 Å². The summed E-state index contributed by atoms with van der Waals surface area (Å²) >= 11 is 9.13. The Kier molecular flexibility index (Phi) is 24.0. The molecule has 0 saturated carbocycles. The van der Waals surface area contributed by atoms with Gasteiger partial charge in [0.1, 0.15) is 0 Å². The van der Waals surface area contributed by atoms with Gasteiger partial charge in [-0.15, -0.1) is 0 Å². The van der Waals surface area contributed by atoms with Gasteiger partial charge in [0.05, 0.1) is 0 Å². The van der Waals surface area contributed by atoms with E-state index in [-0.39, 0.29) is 0 Å². The molecule has 0 radical (unpaired) electrons. The molecule has 0 bridgehead atoms. The van der Waals surface area contributed by atoms with Crippen LogP contribution in [0.1, 0.15) is 0 Å². The van der Waals surface area contributed by atoms with Crippen LogP contribution in [-0.2, 0) is 0 Å². The third-order valence-corrected chi connectivity index (χ3v) is 22.8. The Labute approximate surface area is 701 Å². The molecule has 0 unspecified atom stereocenters. The molecule has 115 heavy (non-hydrogen) atoms. The maximum atomic E-state index is 9.44. The summed E-state index contributed by atoms with van der Waals surface area (Å²) in [4.78, 5) is 0. The van der Waals surface area contributed by atoms with Gasteiger partial charge in [0.2, 0.25) is 0 Å². The minimum Gasteiger partial charge on any atom is -0.423 e. The van der Waals surface area contributed by atoms with E-state index < -0.39 is 14.2 Å². The molecule has 0 aromatic heterocycles. The fourth-order valence-corrected chi connectivity index (χ4v) is 16.2. The Bertz CT molecular complexity index is 6780. The monoisotopic (exact) mass is 1720 g/mol. The molecule has 0 fully saturated rings. The molecule has 0 heterocycles. The summed E-state index contributed by atoms with van der Waals surface area (Å²) in [6.07, 6.45) is 0. The quantitative estimate of drug-likeness (QED) is 0.0812. The van der Waals surface area contributed by atoms with Crippen molar-refractivity contribution in [3.8, 4) is 89.0 Å². The van der Waals surface area contributed by atoms with E-state index in [1.165, 1.54) is 130 Å². The highest BCUT2D eigenvalue weighted by atomic mass is 127. The molecule has 20 aromatic rings. The van der Waals surface area contributed by atoms with E-state index in [2.05, 4.69) is 388 Å². The highest BCUT2D eigenvalue weighted by molar-refractivity contribution is 14.1. The molecule has 0 aliphatic carbocycles. The van der Waals surface area contributed by atoms with E-state index in [4.69, 9.17) is 0 Å². The van der Waals surface area contributed by atoms with Crippen molar-refractivity contribution < 1.29 is 20.1 Å². The summed E-state index contributed by atoms with van der Waals surface area (Å²) in [5.41, 5.74) is 20.7. The van der Waals surface area contributed by atoms with Crippen molar-refractivity contribution in [2.24, 2.45) is 0 Å². The van der Waals surface area contributed by atoms with Crippen molar-refractivity contribution in [3.63, 3.8) is 0 Å². The second-order valence-electron chi connectivity index (χ2n) is 28.2. The fraction of sp³-hybridized carbons (Fsp3) is 0. The maximum Gasteiger partial charge on any atom is 0.489 e. The normalized spacial score (nSPS) is 10.9. The molecule has 9 heteroatoms. The largest absolute Gasteiger partial charge is 0.489 e. The zero-order valence-electron chi connectivity index (χ0n) is 62.6. The molecule has 20 rings (SSSR count). The Morgan fingerprint density at radius 3 is 0.861 bits per heavy atom. The van der Waals surface area contributed by atoms with Gasteiger partial charge in [-0.2, -0.15) is 0 Å². The predicted octanol–water partition coefficient (Wildman–Crippen LogP) is 27.3. The van der Waals surface area contributed by atoms with Crippen molar-refractivity contribution >= 4 is 155 Å². The number of benzene rings is 20. The van der Waals surface area contributed by atoms with Crippen LogP contribution in [0.2, 0.25) is 0 Å². The topological polar surface area (TPSA) is 80.9 Å². The van der Waals surface area contributed by atoms with Gasteiger partial charge in [-0.1, -0.05) is 408 Å². The first-order valence-corrected chi connectivity index (χ1v) is 40.8. The Morgan fingerprint density at radius 2 is 0.461 bits per heavy atom. The van der Waals surface area contributed by atoms with Gasteiger partial charge in [0, 0.05) is 12.5 Å². The molecule has 0 aliphatic heterocycles.